The fourth-order valence-electron chi connectivity index (χ4n) is 3.58. The highest BCUT2D eigenvalue weighted by atomic mass is 32.1. The van der Waals surface area contributed by atoms with E-state index in [4.69, 9.17) is 0 Å². The molecule has 1 aliphatic heterocycles. The fraction of sp³-hybridized carbons (Fsp3) is 0.304. The van der Waals surface area contributed by atoms with E-state index in [-0.39, 0.29) is 23.5 Å². The van der Waals surface area contributed by atoms with Gasteiger partial charge in [0.2, 0.25) is 10.9 Å². The molecule has 4 rings (SSSR count). The number of aromatic nitrogens is 2. The fourth-order valence-corrected chi connectivity index (χ4v) is 4.38. The van der Waals surface area contributed by atoms with Crippen molar-refractivity contribution in [1.29, 1.82) is 0 Å². The SMILES string of the molecule is O=C(NCc1ccc(F)cc1)c1nnc(CN2CCC(C(=O)Nc3ccccc3)CC2)s1. The number of benzene rings is 2. The van der Waals surface area contributed by atoms with E-state index in [9.17, 15) is 14.0 Å². The summed E-state index contributed by atoms with van der Waals surface area (Å²) in [5.74, 6) is -0.551. The summed E-state index contributed by atoms with van der Waals surface area (Å²) >= 11 is 1.27. The van der Waals surface area contributed by atoms with E-state index in [2.05, 4.69) is 25.7 Å². The zero-order valence-electron chi connectivity index (χ0n) is 17.5. The van der Waals surface area contributed by atoms with Crippen LogP contribution in [-0.2, 0) is 17.9 Å². The molecule has 9 heteroatoms. The minimum atomic E-state index is -0.310. The summed E-state index contributed by atoms with van der Waals surface area (Å²) in [5, 5.41) is 15.0. The lowest BCUT2D eigenvalue weighted by atomic mass is 9.96. The maximum atomic E-state index is 13.0. The predicted octanol–water partition coefficient (Wildman–Crippen LogP) is 3.46. The van der Waals surface area contributed by atoms with Crippen LogP contribution in [0.2, 0.25) is 0 Å². The van der Waals surface area contributed by atoms with Crippen LogP contribution in [0.5, 0.6) is 0 Å². The molecule has 2 amide bonds. The molecule has 7 nitrogen and oxygen atoms in total. The Hall–Kier alpha value is -3.17. The number of para-hydroxylation sites is 1. The molecule has 0 saturated carbocycles. The standard InChI is InChI=1S/C23H24FN5O2S/c24-18-8-6-16(7-9-18)14-25-22(31)23-28-27-20(32-23)15-29-12-10-17(11-13-29)21(30)26-19-4-2-1-3-5-19/h1-9,17H,10-15H2,(H,25,31)(H,26,30). The molecule has 0 aliphatic carbocycles. The zero-order valence-corrected chi connectivity index (χ0v) is 18.3. The molecule has 0 radical (unpaired) electrons. The van der Waals surface area contributed by atoms with Gasteiger partial charge < -0.3 is 10.6 Å². The van der Waals surface area contributed by atoms with Crippen molar-refractivity contribution in [3.63, 3.8) is 0 Å². The number of amides is 2. The minimum Gasteiger partial charge on any atom is -0.346 e. The summed E-state index contributed by atoms with van der Waals surface area (Å²) in [4.78, 5) is 27.0. The zero-order chi connectivity index (χ0) is 22.3. The molecular weight excluding hydrogens is 429 g/mol. The number of nitrogens with one attached hydrogen (secondary N) is 2. The van der Waals surface area contributed by atoms with Crippen LogP contribution in [0.1, 0.15) is 33.2 Å². The summed E-state index contributed by atoms with van der Waals surface area (Å²) < 4.78 is 13.0. The quantitative estimate of drug-likeness (QED) is 0.572. The number of hydrogen-bond donors (Lipinski definition) is 2. The largest absolute Gasteiger partial charge is 0.346 e. The van der Waals surface area contributed by atoms with Crippen molar-refractivity contribution >= 4 is 28.8 Å². The summed E-state index contributed by atoms with van der Waals surface area (Å²) in [6, 6.07) is 15.5. The highest BCUT2D eigenvalue weighted by Crippen LogP contribution is 2.22. The van der Waals surface area contributed by atoms with E-state index < -0.39 is 0 Å². The summed E-state index contributed by atoms with van der Waals surface area (Å²) in [6.07, 6.45) is 1.56. The number of halogens is 1. The van der Waals surface area contributed by atoms with Crippen molar-refractivity contribution in [2.75, 3.05) is 18.4 Å². The Morgan fingerprint density at radius 1 is 1.03 bits per heavy atom. The summed E-state index contributed by atoms with van der Waals surface area (Å²) in [7, 11) is 0. The van der Waals surface area contributed by atoms with Gasteiger partial charge in [-0.05, 0) is 55.8 Å². The Morgan fingerprint density at radius 2 is 1.75 bits per heavy atom. The number of nitrogens with zero attached hydrogens (tertiary/aromatic N) is 3. The van der Waals surface area contributed by atoms with Crippen molar-refractivity contribution in [2.45, 2.75) is 25.9 Å². The first-order valence-corrected chi connectivity index (χ1v) is 11.3. The van der Waals surface area contributed by atoms with Crippen molar-refractivity contribution in [1.82, 2.24) is 20.4 Å². The third-order valence-electron chi connectivity index (χ3n) is 5.39. The number of carbonyl (C=O) groups is 2. The molecule has 1 aliphatic rings. The average molecular weight is 454 g/mol. The Bertz CT molecular complexity index is 1050. The maximum absolute atomic E-state index is 13.0. The van der Waals surface area contributed by atoms with Gasteiger partial charge in [-0.15, -0.1) is 10.2 Å². The van der Waals surface area contributed by atoms with E-state index in [0.29, 0.717) is 18.1 Å². The van der Waals surface area contributed by atoms with Crippen molar-refractivity contribution < 1.29 is 14.0 Å². The van der Waals surface area contributed by atoms with Crippen molar-refractivity contribution in [3.8, 4) is 0 Å². The number of likely N-dealkylation sites (tertiary alicyclic amines) is 1. The molecule has 32 heavy (non-hydrogen) atoms. The minimum absolute atomic E-state index is 0.00586. The van der Waals surface area contributed by atoms with Gasteiger partial charge in [-0.3, -0.25) is 14.5 Å². The first kappa shape index (κ1) is 22.0. The topological polar surface area (TPSA) is 87.2 Å². The molecule has 0 atom stereocenters. The van der Waals surface area contributed by atoms with Crippen molar-refractivity contribution in [3.05, 3.63) is 76.0 Å². The summed E-state index contributed by atoms with van der Waals surface area (Å²) in [6.45, 7) is 2.49. The van der Waals surface area contributed by atoms with Crippen LogP contribution < -0.4 is 10.6 Å². The molecular formula is C23H24FN5O2S. The van der Waals surface area contributed by atoms with Crippen LogP contribution >= 0.6 is 11.3 Å². The van der Waals surface area contributed by atoms with Crippen LogP contribution in [0.4, 0.5) is 10.1 Å². The molecule has 1 saturated heterocycles. The number of anilines is 1. The highest BCUT2D eigenvalue weighted by molar-refractivity contribution is 7.13. The van der Waals surface area contributed by atoms with Crippen LogP contribution in [0.3, 0.4) is 0 Å². The van der Waals surface area contributed by atoms with Gasteiger partial charge in [-0.25, -0.2) is 4.39 Å². The number of hydrogen-bond acceptors (Lipinski definition) is 6. The van der Waals surface area contributed by atoms with E-state index in [1.807, 2.05) is 30.3 Å². The normalized spacial score (nSPS) is 14.8. The maximum Gasteiger partial charge on any atom is 0.282 e. The molecule has 166 valence electrons. The lowest BCUT2D eigenvalue weighted by molar-refractivity contribution is -0.121. The second-order valence-electron chi connectivity index (χ2n) is 7.72. The molecule has 0 unspecified atom stereocenters. The molecule has 2 heterocycles. The van der Waals surface area contributed by atoms with Gasteiger partial charge in [0, 0.05) is 18.2 Å². The molecule has 0 bridgehead atoms. The third kappa shape index (κ3) is 5.95. The average Bonchev–Trinajstić information content (AvgIpc) is 3.28. The number of rotatable bonds is 7. The van der Waals surface area contributed by atoms with Crippen LogP contribution in [0, 0.1) is 11.7 Å². The van der Waals surface area contributed by atoms with E-state index >= 15 is 0 Å². The van der Waals surface area contributed by atoms with E-state index in [1.165, 1.54) is 23.5 Å². The predicted molar refractivity (Wildman–Crippen MR) is 121 cm³/mol. The van der Waals surface area contributed by atoms with Gasteiger partial charge in [0.25, 0.3) is 5.91 Å². The number of piperidine rings is 1. The van der Waals surface area contributed by atoms with Crippen molar-refractivity contribution in [2.24, 2.45) is 5.92 Å². The van der Waals surface area contributed by atoms with E-state index in [1.54, 1.807) is 12.1 Å². The first-order chi connectivity index (χ1) is 15.6. The van der Waals surface area contributed by atoms with Crippen LogP contribution in [-0.4, -0.2) is 40.0 Å². The Balaban J connectivity index is 1.22. The van der Waals surface area contributed by atoms with E-state index in [0.717, 1.165) is 42.2 Å². The van der Waals surface area contributed by atoms with Gasteiger partial charge in [-0.2, -0.15) is 0 Å². The van der Waals surface area contributed by atoms with Gasteiger partial charge in [0.15, 0.2) is 0 Å². The van der Waals surface area contributed by atoms with Gasteiger partial charge >= 0.3 is 0 Å². The van der Waals surface area contributed by atoms with Gasteiger partial charge in [0.05, 0.1) is 6.54 Å². The smallest absolute Gasteiger partial charge is 0.282 e. The third-order valence-corrected chi connectivity index (χ3v) is 6.29. The second-order valence-corrected chi connectivity index (χ2v) is 8.78. The monoisotopic (exact) mass is 453 g/mol. The molecule has 0 spiro atoms. The summed E-state index contributed by atoms with van der Waals surface area (Å²) in [5.41, 5.74) is 1.63. The molecule has 2 aromatic carbocycles. The Morgan fingerprint density at radius 3 is 2.47 bits per heavy atom. The van der Waals surface area contributed by atoms with Gasteiger partial charge in [-0.1, -0.05) is 41.7 Å². The number of carbonyl (C=O) groups excluding carboxylic acids is 2. The first-order valence-electron chi connectivity index (χ1n) is 10.5. The van der Waals surface area contributed by atoms with Gasteiger partial charge in [0.1, 0.15) is 10.8 Å². The molecule has 2 N–H and O–H groups in total. The molecule has 3 aromatic rings. The highest BCUT2D eigenvalue weighted by Gasteiger charge is 2.26. The van der Waals surface area contributed by atoms with Crippen LogP contribution in [0.25, 0.3) is 0 Å². The lowest BCUT2D eigenvalue weighted by Gasteiger charge is -2.30. The van der Waals surface area contributed by atoms with Crippen LogP contribution in [0.15, 0.2) is 54.6 Å². The Labute approximate surface area is 189 Å². The lowest BCUT2D eigenvalue weighted by Crippen LogP contribution is -2.37. The molecule has 1 aromatic heterocycles. The molecule has 1 fully saturated rings. The second kappa shape index (κ2) is 10.4. The Kier molecular flexibility index (Phi) is 7.18.